The fraction of sp³-hybridized carbons (Fsp3) is 0.727. The number of hydrogen-bond donors (Lipinski definition) is 2. The van der Waals surface area contributed by atoms with Crippen molar-refractivity contribution in [2.75, 3.05) is 6.54 Å². The van der Waals surface area contributed by atoms with Gasteiger partial charge in [-0.1, -0.05) is 12.8 Å². The normalized spacial score (nSPS) is 18.9. The molecular formula is C11H18N2O. The van der Waals surface area contributed by atoms with Crippen LogP contribution in [0.1, 0.15) is 38.5 Å². The zero-order valence-corrected chi connectivity index (χ0v) is 8.51. The van der Waals surface area contributed by atoms with Crippen molar-refractivity contribution in [1.29, 1.82) is 0 Å². The van der Waals surface area contributed by atoms with E-state index in [9.17, 15) is 4.79 Å². The van der Waals surface area contributed by atoms with Gasteiger partial charge in [0.25, 0.3) is 0 Å². The van der Waals surface area contributed by atoms with Crippen LogP contribution in [0.25, 0.3) is 0 Å². The minimum atomic E-state index is -0.250. The Morgan fingerprint density at radius 3 is 2.71 bits per heavy atom. The van der Waals surface area contributed by atoms with Crippen LogP contribution in [0.3, 0.4) is 0 Å². The van der Waals surface area contributed by atoms with Gasteiger partial charge in [-0.2, -0.15) is 0 Å². The van der Waals surface area contributed by atoms with E-state index in [1.54, 1.807) is 0 Å². The number of hydrogen-bond acceptors (Lipinski definition) is 2. The summed E-state index contributed by atoms with van der Waals surface area (Å²) in [5.74, 6) is 2.51. The van der Waals surface area contributed by atoms with E-state index in [1.165, 1.54) is 0 Å². The molecule has 1 amide bonds. The van der Waals surface area contributed by atoms with Crippen molar-refractivity contribution in [1.82, 2.24) is 5.32 Å². The summed E-state index contributed by atoms with van der Waals surface area (Å²) in [6.07, 6.45) is 10.3. The lowest BCUT2D eigenvalue weighted by atomic mass is 9.94. The Labute approximate surface area is 85.4 Å². The van der Waals surface area contributed by atoms with Crippen molar-refractivity contribution in [2.24, 2.45) is 5.73 Å². The first kappa shape index (κ1) is 11.1. The molecule has 0 unspecified atom stereocenters. The van der Waals surface area contributed by atoms with Gasteiger partial charge in [-0.3, -0.25) is 4.79 Å². The molecule has 0 aromatic heterocycles. The maximum Gasteiger partial charge on any atom is 0.221 e. The smallest absolute Gasteiger partial charge is 0.221 e. The van der Waals surface area contributed by atoms with Crippen LogP contribution >= 0.6 is 0 Å². The maximum absolute atomic E-state index is 11.4. The second-order valence-electron chi connectivity index (χ2n) is 4.05. The Kier molecular flexibility index (Phi) is 3.97. The molecule has 14 heavy (non-hydrogen) atoms. The van der Waals surface area contributed by atoms with E-state index in [0.29, 0.717) is 19.4 Å². The van der Waals surface area contributed by atoms with Crippen molar-refractivity contribution < 1.29 is 4.79 Å². The fourth-order valence-electron chi connectivity index (χ4n) is 1.91. The van der Waals surface area contributed by atoms with Gasteiger partial charge in [0.2, 0.25) is 5.91 Å². The van der Waals surface area contributed by atoms with Gasteiger partial charge in [-0.25, -0.2) is 0 Å². The molecule has 1 aliphatic carbocycles. The number of nitrogens with two attached hydrogens (primary N) is 1. The molecule has 0 atom stereocenters. The summed E-state index contributed by atoms with van der Waals surface area (Å²) in [6, 6.07) is 0. The number of carbonyl (C=O) groups excluding carboxylic acids is 1. The minimum absolute atomic E-state index is 0.0321. The molecule has 3 nitrogen and oxygen atoms in total. The van der Waals surface area contributed by atoms with Crippen LogP contribution in [0.4, 0.5) is 0 Å². The topological polar surface area (TPSA) is 55.1 Å². The van der Waals surface area contributed by atoms with Gasteiger partial charge in [-0.15, -0.1) is 12.3 Å². The number of amides is 1. The Morgan fingerprint density at radius 1 is 1.50 bits per heavy atom. The number of nitrogens with one attached hydrogen (secondary N) is 1. The molecule has 1 aliphatic rings. The number of terminal acetylenes is 1. The van der Waals surface area contributed by atoms with E-state index >= 15 is 0 Å². The van der Waals surface area contributed by atoms with E-state index in [0.717, 1.165) is 25.7 Å². The molecular weight excluding hydrogens is 176 g/mol. The maximum atomic E-state index is 11.4. The largest absolute Gasteiger partial charge is 0.355 e. The molecule has 3 heteroatoms. The second-order valence-corrected chi connectivity index (χ2v) is 4.05. The third-order valence-corrected chi connectivity index (χ3v) is 2.70. The lowest BCUT2D eigenvalue weighted by Crippen LogP contribution is -2.42. The van der Waals surface area contributed by atoms with Crippen molar-refractivity contribution in [3.8, 4) is 12.3 Å². The van der Waals surface area contributed by atoms with Crippen LogP contribution in [0.2, 0.25) is 0 Å². The summed E-state index contributed by atoms with van der Waals surface area (Å²) in [5.41, 5.74) is 5.81. The molecule has 1 saturated carbocycles. The van der Waals surface area contributed by atoms with Crippen molar-refractivity contribution in [2.45, 2.75) is 44.1 Å². The molecule has 0 aromatic carbocycles. The zero-order valence-electron chi connectivity index (χ0n) is 8.51. The first-order chi connectivity index (χ1) is 6.66. The molecule has 1 fully saturated rings. The molecule has 1 rings (SSSR count). The fourth-order valence-corrected chi connectivity index (χ4v) is 1.91. The average molecular weight is 194 g/mol. The molecule has 0 radical (unpaired) electrons. The van der Waals surface area contributed by atoms with Crippen molar-refractivity contribution in [3.05, 3.63) is 0 Å². The molecule has 3 N–H and O–H groups in total. The molecule has 0 aliphatic heterocycles. The van der Waals surface area contributed by atoms with E-state index in [1.807, 2.05) is 0 Å². The highest BCUT2D eigenvalue weighted by atomic mass is 16.1. The zero-order chi connectivity index (χ0) is 10.4. The Balaban J connectivity index is 2.23. The monoisotopic (exact) mass is 194 g/mol. The van der Waals surface area contributed by atoms with Gasteiger partial charge in [0.05, 0.1) is 0 Å². The summed E-state index contributed by atoms with van der Waals surface area (Å²) >= 11 is 0. The lowest BCUT2D eigenvalue weighted by molar-refractivity contribution is -0.122. The van der Waals surface area contributed by atoms with E-state index < -0.39 is 0 Å². The van der Waals surface area contributed by atoms with Crippen LogP contribution in [-0.2, 0) is 4.79 Å². The van der Waals surface area contributed by atoms with Gasteiger partial charge in [0.15, 0.2) is 0 Å². The highest BCUT2D eigenvalue weighted by Crippen LogP contribution is 2.29. The third-order valence-electron chi connectivity index (χ3n) is 2.70. The summed E-state index contributed by atoms with van der Waals surface area (Å²) in [4.78, 5) is 11.4. The van der Waals surface area contributed by atoms with Gasteiger partial charge < -0.3 is 11.1 Å². The highest BCUT2D eigenvalue weighted by molar-refractivity contribution is 5.77. The van der Waals surface area contributed by atoms with Gasteiger partial charge in [-0.05, 0) is 12.8 Å². The lowest BCUT2D eigenvalue weighted by Gasteiger charge is -2.22. The Bertz CT molecular complexity index is 236. The van der Waals surface area contributed by atoms with Gasteiger partial charge in [0, 0.05) is 24.9 Å². The minimum Gasteiger partial charge on any atom is -0.355 e. The summed E-state index contributed by atoms with van der Waals surface area (Å²) in [5, 5.41) is 2.77. The predicted octanol–water partition coefficient (Wildman–Crippen LogP) is 0.787. The van der Waals surface area contributed by atoms with E-state index in [2.05, 4.69) is 11.2 Å². The van der Waals surface area contributed by atoms with Crippen LogP contribution in [0.5, 0.6) is 0 Å². The average Bonchev–Trinajstić information content (AvgIpc) is 2.52. The molecule has 0 spiro atoms. The Morgan fingerprint density at radius 2 is 2.14 bits per heavy atom. The standard InChI is InChI=1S/C11H18N2O/c1-2-3-8-13-10(14)9-11(12)6-4-5-7-11/h1H,3-9,12H2,(H,13,14). The molecule has 0 bridgehead atoms. The van der Waals surface area contributed by atoms with Crippen molar-refractivity contribution >= 4 is 5.91 Å². The number of carbonyl (C=O) groups is 1. The summed E-state index contributed by atoms with van der Waals surface area (Å²) in [6.45, 7) is 0.561. The first-order valence-electron chi connectivity index (χ1n) is 5.15. The second kappa shape index (κ2) is 5.02. The van der Waals surface area contributed by atoms with Crippen molar-refractivity contribution in [3.63, 3.8) is 0 Å². The quantitative estimate of drug-likeness (QED) is 0.513. The van der Waals surface area contributed by atoms with Gasteiger partial charge in [0.1, 0.15) is 0 Å². The molecule has 0 saturated heterocycles. The van der Waals surface area contributed by atoms with Crippen LogP contribution in [-0.4, -0.2) is 18.0 Å². The third kappa shape index (κ3) is 3.39. The number of rotatable bonds is 4. The highest BCUT2D eigenvalue weighted by Gasteiger charge is 2.31. The van der Waals surface area contributed by atoms with Crippen LogP contribution < -0.4 is 11.1 Å². The van der Waals surface area contributed by atoms with Gasteiger partial charge >= 0.3 is 0 Å². The van der Waals surface area contributed by atoms with E-state index in [-0.39, 0.29) is 11.4 Å². The molecule has 78 valence electrons. The molecule has 0 heterocycles. The van der Waals surface area contributed by atoms with Crippen LogP contribution in [0, 0.1) is 12.3 Å². The Hall–Kier alpha value is -1.01. The summed E-state index contributed by atoms with van der Waals surface area (Å²) < 4.78 is 0. The SMILES string of the molecule is C#CCCNC(=O)CC1(N)CCCC1. The van der Waals surface area contributed by atoms with E-state index in [4.69, 9.17) is 12.2 Å². The first-order valence-corrected chi connectivity index (χ1v) is 5.15. The summed E-state index contributed by atoms with van der Waals surface area (Å²) in [7, 11) is 0. The van der Waals surface area contributed by atoms with Crippen LogP contribution in [0.15, 0.2) is 0 Å². The molecule has 0 aromatic rings. The predicted molar refractivity (Wildman–Crippen MR) is 56.5 cm³/mol.